The molecule has 0 spiro atoms. The number of carbonyl (C=O) groups excluding carboxylic acids is 1. The monoisotopic (exact) mass is 233 g/mol. The lowest BCUT2D eigenvalue weighted by molar-refractivity contribution is -0.119. The number of hydrogen-bond acceptors (Lipinski definition) is 3. The van der Waals surface area contributed by atoms with Crippen molar-refractivity contribution in [2.24, 2.45) is 0 Å². The lowest BCUT2D eigenvalue weighted by Crippen LogP contribution is -2.47. The van der Waals surface area contributed by atoms with Crippen LogP contribution in [-0.2, 0) is 4.79 Å². The first-order chi connectivity index (χ1) is 8.15. The van der Waals surface area contributed by atoms with Gasteiger partial charge in [0, 0.05) is 31.7 Å². The van der Waals surface area contributed by atoms with Crippen molar-refractivity contribution >= 4 is 11.7 Å². The predicted molar refractivity (Wildman–Crippen MR) is 68.0 cm³/mol. The second kappa shape index (κ2) is 5.17. The molecule has 1 amide bonds. The Balaban J connectivity index is 2.04. The molecule has 4 nitrogen and oxygen atoms in total. The molecule has 0 bridgehead atoms. The van der Waals surface area contributed by atoms with Gasteiger partial charge < -0.3 is 10.2 Å². The maximum Gasteiger partial charge on any atom is 0.217 e. The Labute approximate surface area is 102 Å². The van der Waals surface area contributed by atoms with Gasteiger partial charge in [-0.15, -0.1) is 0 Å². The quantitative estimate of drug-likeness (QED) is 0.842. The van der Waals surface area contributed by atoms with E-state index in [9.17, 15) is 4.79 Å². The highest BCUT2D eigenvalue weighted by atomic mass is 16.1. The fourth-order valence-electron chi connectivity index (χ4n) is 2.30. The van der Waals surface area contributed by atoms with Gasteiger partial charge in [0.25, 0.3) is 0 Å². The van der Waals surface area contributed by atoms with Crippen molar-refractivity contribution in [3.05, 3.63) is 23.9 Å². The van der Waals surface area contributed by atoms with E-state index in [-0.39, 0.29) is 11.9 Å². The van der Waals surface area contributed by atoms with Gasteiger partial charge >= 0.3 is 0 Å². The SMILES string of the molecule is CC(=O)N[C@H]1CCCN(c2cccc(C)n2)C1. The molecular formula is C13H19N3O. The van der Waals surface area contributed by atoms with E-state index >= 15 is 0 Å². The van der Waals surface area contributed by atoms with Crippen molar-refractivity contribution in [1.29, 1.82) is 0 Å². The standard InChI is InChI=1S/C13H19N3O/c1-10-5-3-7-13(14-10)16-8-4-6-12(9-16)15-11(2)17/h3,5,7,12H,4,6,8-9H2,1-2H3,(H,15,17)/t12-/m0/s1. The third kappa shape index (κ3) is 3.19. The molecule has 0 unspecified atom stereocenters. The minimum absolute atomic E-state index is 0.0500. The molecule has 1 N–H and O–H groups in total. The first-order valence-corrected chi connectivity index (χ1v) is 6.11. The number of piperidine rings is 1. The average molecular weight is 233 g/mol. The van der Waals surface area contributed by atoms with E-state index in [1.807, 2.05) is 25.1 Å². The Kier molecular flexibility index (Phi) is 3.61. The second-order valence-electron chi connectivity index (χ2n) is 4.62. The summed E-state index contributed by atoms with van der Waals surface area (Å²) < 4.78 is 0. The zero-order chi connectivity index (χ0) is 12.3. The van der Waals surface area contributed by atoms with Crippen LogP contribution in [0.2, 0.25) is 0 Å². The molecule has 0 aromatic carbocycles. The van der Waals surface area contributed by atoms with E-state index in [1.54, 1.807) is 6.92 Å². The first-order valence-electron chi connectivity index (χ1n) is 6.11. The molecule has 1 atom stereocenters. The number of hydrogen-bond donors (Lipinski definition) is 1. The third-order valence-corrected chi connectivity index (χ3v) is 3.03. The zero-order valence-electron chi connectivity index (χ0n) is 10.4. The van der Waals surface area contributed by atoms with Crippen molar-refractivity contribution < 1.29 is 4.79 Å². The van der Waals surface area contributed by atoms with Crippen molar-refractivity contribution in [3.8, 4) is 0 Å². The van der Waals surface area contributed by atoms with Crippen LogP contribution in [0.3, 0.4) is 0 Å². The van der Waals surface area contributed by atoms with Gasteiger partial charge in [-0.3, -0.25) is 4.79 Å². The number of carbonyl (C=O) groups is 1. The predicted octanol–water partition coefficient (Wildman–Crippen LogP) is 1.49. The molecule has 92 valence electrons. The summed E-state index contributed by atoms with van der Waals surface area (Å²) in [6.45, 7) is 5.45. The molecule has 0 radical (unpaired) electrons. The lowest BCUT2D eigenvalue weighted by atomic mass is 10.1. The largest absolute Gasteiger partial charge is 0.355 e. The topological polar surface area (TPSA) is 45.2 Å². The summed E-state index contributed by atoms with van der Waals surface area (Å²) in [6, 6.07) is 6.31. The number of aromatic nitrogens is 1. The number of anilines is 1. The molecule has 17 heavy (non-hydrogen) atoms. The van der Waals surface area contributed by atoms with Crippen LogP contribution in [0.4, 0.5) is 5.82 Å². The highest BCUT2D eigenvalue weighted by Gasteiger charge is 2.21. The van der Waals surface area contributed by atoms with Crippen LogP contribution in [0.15, 0.2) is 18.2 Å². The first kappa shape index (κ1) is 11.9. The highest BCUT2D eigenvalue weighted by molar-refractivity contribution is 5.73. The van der Waals surface area contributed by atoms with Crippen molar-refractivity contribution in [2.45, 2.75) is 32.7 Å². The average Bonchev–Trinajstić information content (AvgIpc) is 2.28. The smallest absolute Gasteiger partial charge is 0.217 e. The Morgan fingerprint density at radius 1 is 1.53 bits per heavy atom. The van der Waals surface area contributed by atoms with Gasteiger partial charge in [-0.2, -0.15) is 0 Å². The summed E-state index contributed by atoms with van der Waals surface area (Å²) in [4.78, 5) is 17.8. The maximum atomic E-state index is 11.1. The molecule has 1 saturated heterocycles. The van der Waals surface area contributed by atoms with Crippen LogP contribution in [-0.4, -0.2) is 30.0 Å². The Morgan fingerprint density at radius 3 is 3.06 bits per heavy atom. The van der Waals surface area contributed by atoms with Crippen molar-refractivity contribution in [3.63, 3.8) is 0 Å². The van der Waals surface area contributed by atoms with E-state index in [1.165, 1.54) is 0 Å². The van der Waals surface area contributed by atoms with Crippen LogP contribution < -0.4 is 10.2 Å². The summed E-state index contributed by atoms with van der Waals surface area (Å²) in [6.07, 6.45) is 2.16. The van der Waals surface area contributed by atoms with Gasteiger partial charge in [-0.1, -0.05) is 6.07 Å². The number of pyridine rings is 1. The second-order valence-corrected chi connectivity index (χ2v) is 4.62. The van der Waals surface area contributed by atoms with Gasteiger partial charge in [0.15, 0.2) is 0 Å². The summed E-state index contributed by atoms with van der Waals surface area (Å²) in [7, 11) is 0. The van der Waals surface area contributed by atoms with Crippen LogP contribution in [0, 0.1) is 6.92 Å². The molecular weight excluding hydrogens is 214 g/mol. The van der Waals surface area contributed by atoms with Gasteiger partial charge in [0.05, 0.1) is 0 Å². The molecule has 4 heteroatoms. The number of rotatable bonds is 2. The summed E-state index contributed by atoms with van der Waals surface area (Å²) in [5, 5.41) is 2.99. The van der Waals surface area contributed by atoms with Gasteiger partial charge in [0.2, 0.25) is 5.91 Å². The fourth-order valence-corrected chi connectivity index (χ4v) is 2.30. The summed E-state index contributed by atoms with van der Waals surface area (Å²) >= 11 is 0. The van der Waals surface area contributed by atoms with Crippen LogP contribution in [0.5, 0.6) is 0 Å². The van der Waals surface area contributed by atoms with E-state index in [0.717, 1.165) is 37.4 Å². The Bertz CT molecular complexity index is 405. The molecule has 1 aromatic rings. The van der Waals surface area contributed by atoms with Crippen LogP contribution in [0.25, 0.3) is 0 Å². The van der Waals surface area contributed by atoms with E-state index in [4.69, 9.17) is 0 Å². The number of nitrogens with zero attached hydrogens (tertiary/aromatic N) is 2. The number of amides is 1. The normalized spacial score (nSPS) is 20.1. The molecule has 1 fully saturated rings. The Hall–Kier alpha value is -1.58. The van der Waals surface area contributed by atoms with E-state index in [0.29, 0.717) is 0 Å². The van der Waals surface area contributed by atoms with Crippen LogP contribution in [0.1, 0.15) is 25.5 Å². The zero-order valence-corrected chi connectivity index (χ0v) is 10.4. The summed E-state index contributed by atoms with van der Waals surface area (Å²) in [5.74, 6) is 1.06. The Morgan fingerprint density at radius 2 is 2.35 bits per heavy atom. The van der Waals surface area contributed by atoms with Gasteiger partial charge in [-0.25, -0.2) is 4.98 Å². The lowest BCUT2D eigenvalue weighted by Gasteiger charge is -2.33. The molecule has 2 rings (SSSR count). The highest BCUT2D eigenvalue weighted by Crippen LogP contribution is 2.17. The molecule has 1 aliphatic rings. The van der Waals surface area contributed by atoms with Crippen molar-refractivity contribution in [1.82, 2.24) is 10.3 Å². The minimum atomic E-state index is 0.0500. The number of nitrogens with one attached hydrogen (secondary N) is 1. The van der Waals surface area contributed by atoms with Crippen molar-refractivity contribution in [2.75, 3.05) is 18.0 Å². The molecule has 0 saturated carbocycles. The molecule has 1 aromatic heterocycles. The fraction of sp³-hybridized carbons (Fsp3) is 0.538. The van der Waals surface area contributed by atoms with E-state index in [2.05, 4.69) is 15.2 Å². The van der Waals surface area contributed by atoms with Gasteiger partial charge in [0.1, 0.15) is 5.82 Å². The molecule has 1 aliphatic heterocycles. The molecule has 2 heterocycles. The number of aryl methyl sites for hydroxylation is 1. The molecule has 0 aliphatic carbocycles. The third-order valence-electron chi connectivity index (χ3n) is 3.03. The van der Waals surface area contributed by atoms with Crippen LogP contribution >= 0.6 is 0 Å². The van der Waals surface area contributed by atoms with Gasteiger partial charge in [-0.05, 0) is 31.9 Å². The summed E-state index contributed by atoms with van der Waals surface area (Å²) in [5.41, 5.74) is 1.03. The minimum Gasteiger partial charge on any atom is -0.355 e. The maximum absolute atomic E-state index is 11.1. The van der Waals surface area contributed by atoms with E-state index < -0.39 is 0 Å².